The van der Waals surface area contributed by atoms with Crippen molar-refractivity contribution in [3.8, 4) is 11.5 Å². The normalized spacial score (nSPS) is 12.7. The average Bonchev–Trinajstić information content (AvgIpc) is 2.47. The first-order valence-corrected chi connectivity index (χ1v) is 6.03. The Morgan fingerprint density at radius 3 is 2.29 bits per heavy atom. The van der Waals surface area contributed by atoms with Gasteiger partial charge in [0.15, 0.2) is 6.10 Å². The summed E-state index contributed by atoms with van der Waals surface area (Å²) in [5, 5.41) is 18.0. The number of hydrogen-bond donors (Lipinski definition) is 2. The molecule has 0 radical (unpaired) electrons. The summed E-state index contributed by atoms with van der Waals surface area (Å²) < 4.78 is 32.0. The summed E-state index contributed by atoms with van der Waals surface area (Å²) in [5.74, 6) is -5.94. The molecule has 0 aliphatic rings. The van der Waals surface area contributed by atoms with Gasteiger partial charge in [0.1, 0.15) is 11.5 Å². The van der Waals surface area contributed by atoms with Crippen LogP contribution in [-0.4, -0.2) is 22.1 Å². The molecule has 1 atom stereocenters. The molecule has 0 aromatic heterocycles. The molecule has 0 saturated carbocycles. The zero-order valence-corrected chi connectivity index (χ0v) is 10.7. The second-order valence-corrected chi connectivity index (χ2v) is 4.32. The van der Waals surface area contributed by atoms with Crippen LogP contribution in [0, 0.1) is 0 Å². The van der Waals surface area contributed by atoms with Gasteiger partial charge in [-0.25, -0.2) is 4.79 Å². The van der Waals surface area contributed by atoms with Crippen molar-refractivity contribution in [2.24, 2.45) is 0 Å². The summed E-state index contributed by atoms with van der Waals surface area (Å²) >= 11 is 0. The van der Waals surface area contributed by atoms with Crippen LogP contribution < -0.4 is 4.74 Å². The molecule has 0 aliphatic heterocycles. The highest BCUT2D eigenvalue weighted by atomic mass is 19.3. The van der Waals surface area contributed by atoms with Crippen molar-refractivity contribution in [2.45, 2.75) is 12.0 Å². The topological polar surface area (TPSA) is 66.8 Å². The number of benzene rings is 2. The van der Waals surface area contributed by atoms with Crippen LogP contribution >= 0.6 is 0 Å². The highest BCUT2D eigenvalue weighted by molar-refractivity contribution is 5.76. The molecule has 0 aliphatic carbocycles. The highest BCUT2D eigenvalue weighted by Gasteiger charge is 2.47. The Hall–Kier alpha value is -2.47. The molecule has 0 heterocycles. The molecule has 4 nitrogen and oxygen atoms in total. The molecule has 0 saturated heterocycles. The van der Waals surface area contributed by atoms with Gasteiger partial charge >= 0.3 is 11.9 Å². The van der Waals surface area contributed by atoms with E-state index in [-0.39, 0.29) is 11.3 Å². The number of carbonyl (C=O) groups is 1. The van der Waals surface area contributed by atoms with Crippen LogP contribution in [-0.2, 0) is 4.79 Å². The third-order valence-corrected chi connectivity index (χ3v) is 2.78. The number of carboxylic acid groups (broad SMARTS) is 1. The van der Waals surface area contributed by atoms with Crippen molar-refractivity contribution < 1.29 is 28.5 Å². The lowest BCUT2D eigenvalue weighted by atomic mass is 10.0. The monoisotopic (exact) mass is 294 g/mol. The minimum absolute atomic E-state index is 0.221. The third kappa shape index (κ3) is 3.35. The van der Waals surface area contributed by atoms with Crippen LogP contribution in [0.5, 0.6) is 11.5 Å². The summed E-state index contributed by atoms with van der Waals surface area (Å²) in [4.78, 5) is 10.5. The summed E-state index contributed by atoms with van der Waals surface area (Å²) in [5.41, 5.74) is -0.240. The fraction of sp³-hybridized carbons (Fsp3) is 0.133. The van der Waals surface area contributed by atoms with Gasteiger partial charge in [0.2, 0.25) is 0 Å². The Balaban J connectivity index is 2.24. The number of rotatable bonds is 5. The van der Waals surface area contributed by atoms with Gasteiger partial charge in [0.25, 0.3) is 0 Å². The second-order valence-electron chi connectivity index (χ2n) is 4.32. The van der Waals surface area contributed by atoms with Crippen molar-refractivity contribution in [1.29, 1.82) is 0 Å². The Morgan fingerprint density at radius 2 is 1.67 bits per heavy atom. The lowest BCUT2D eigenvalue weighted by molar-refractivity contribution is -0.182. The summed E-state index contributed by atoms with van der Waals surface area (Å²) in [6.07, 6.45) is -2.45. The van der Waals surface area contributed by atoms with Crippen molar-refractivity contribution >= 4 is 5.97 Å². The quantitative estimate of drug-likeness (QED) is 0.888. The van der Waals surface area contributed by atoms with Gasteiger partial charge in [-0.2, -0.15) is 8.78 Å². The summed E-state index contributed by atoms with van der Waals surface area (Å²) in [6.45, 7) is 0. The number of hydrogen-bond acceptors (Lipinski definition) is 3. The van der Waals surface area contributed by atoms with Crippen LogP contribution in [0.1, 0.15) is 11.7 Å². The molecular formula is C15H12F2O4. The number of carboxylic acids is 1. The van der Waals surface area contributed by atoms with Gasteiger partial charge in [0, 0.05) is 0 Å². The SMILES string of the molecule is O=C(O)C(F)(F)C(O)c1cccc(Oc2ccccc2)c1. The van der Waals surface area contributed by atoms with Crippen molar-refractivity contribution in [3.05, 3.63) is 60.2 Å². The standard InChI is InChI=1S/C15H12F2O4/c16-15(17,14(19)20)13(18)10-5-4-8-12(9-10)21-11-6-2-1-3-7-11/h1-9,13,18H,(H,19,20). The van der Waals surface area contributed by atoms with E-state index in [1.807, 2.05) is 0 Å². The molecule has 0 amide bonds. The third-order valence-electron chi connectivity index (χ3n) is 2.78. The molecule has 21 heavy (non-hydrogen) atoms. The zero-order chi connectivity index (χ0) is 15.5. The molecule has 1 unspecified atom stereocenters. The van der Waals surface area contributed by atoms with Crippen LogP contribution in [0.4, 0.5) is 8.78 Å². The van der Waals surface area contributed by atoms with Gasteiger partial charge in [-0.1, -0.05) is 30.3 Å². The van der Waals surface area contributed by atoms with Crippen molar-refractivity contribution in [2.75, 3.05) is 0 Å². The number of ether oxygens (including phenoxy) is 1. The number of para-hydroxylation sites is 1. The molecule has 6 heteroatoms. The number of aliphatic carboxylic acids is 1. The van der Waals surface area contributed by atoms with E-state index in [0.29, 0.717) is 5.75 Å². The number of halogens is 2. The maximum Gasteiger partial charge on any atom is 0.377 e. The van der Waals surface area contributed by atoms with Gasteiger partial charge in [0.05, 0.1) is 0 Å². The van der Waals surface area contributed by atoms with Crippen LogP contribution in [0.15, 0.2) is 54.6 Å². The first kappa shape index (κ1) is 14.9. The van der Waals surface area contributed by atoms with E-state index in [9.17, 15) is 18.7 Å². The molecular weight excluding hydrogens is 282 g/mol. The fourth-order valence-electron chi connectivity index (χ4n) is 1.70. The predicted molar refractivity (Wildman–Crippen MR) is 70.5 cm³/mol. The van der Waals surface area contributed by atoms with Gasteiger partial charge in [-0.05, 0) is 29.8 Å². The first-order chi connectivity index (χ1) is 9.91. The van der Waals surface area contributed by atoms with E-state index in [0.717, 1.165) is 0 Å². The molecule has 110 valence electrons. The molecule has 0 spiro atoms. The van der Waals surface area contributed by atoms with Gasteiger partial charge in [-0.3, -0.25) is 0 Å². The number of aliphatic hydroxyl groups is 1. The fourth-order valence-corrected chi connectivity index (χ4v) is 1.70. The molecule has 2 aromatic carbocycles. The molecule has 0 fully saturated rings. The van der Waals surface area contributed by atoms with E-state index < -0.39 is 18.0 Å². The van der Waals surface area contributed by atoms with Gasteiger partial charge in [-0.15, -0.1) is 0 Å². The maximum atomic E-state index is 13.3. The Morgan fingerprint density at radius 1 is 1.05 bits per heavy atom. The largest absolute Gasteiger partial charge is 0.477 e. The molecule has 2 N–H and O–H groups in total. The molecule has 2 aromatic rings. The Labute approximate surface area is 119 Å². The van der Waals surface area contributed by atoms with Gasteiger partial charge < -0.3 is 14.9 Å². The first-order valence-electron chi connectivity index (χ1n) is 6.03. The van der Waals surface area contributed by atoms with E-state index in [2.05, 4.69) is 0 Å². The van der Waals surface area contributed by atoms with Crippen LogP contribution in [0.2, 0.25) is 0 Å². The predicted octanol–water partition coefficient (Wildman–Crippen LogP) is 3.23. The average molecular weight is 294 g/mol. The van der Waals surface area contributed by atoms with Crippen LogP contribution in [0.3, 0.4) is 0 Å². The van der Waals surface area contributed by atoms with E-state index in [1.54, 1.807) is 30.3 Å². The minimum Gasteiger partial charge on any atom is -0.477 e. The number of alkyl halides is 2. The summed E-state index contributed by atoms with van der Waals surface area (Å²) in [7, 11) is 0. The Kier molecular flexibility index (Phi) is 4.18. The lowest BCUT2D eigenvalue weighted by Crippen LogP contribution is -2.35. The minimum atomic E-state index is -4.27. The smallest absolute Gasteiger partial charge is 0.377 e. The molecule has 2 rings (SSSR count). The van der Waals surface area contributed by atoms with E-state index in [4.69, 9.17) is 9.84 Å². The summed E-state index contributed by atoms with van der Waals surface area (Å²) in [6, 6.07) is 13.9. The highest BCUT2D eigenvalue weighted by Crippen LogP contribution is 2.33. The second kappa shape index (κ2) is 5.88. The number of aliphatic hydroxyl groups excluding tert-OH is 1. The maximum absolute atomic E-state index is 13.3. The van der Waals surface area contributed by atoms with Crippen LogP contribution in [0.25, 0.3) is 0 Å². The lowest BCUT2D eigenvalue weighted by Gasteiger charge is -2.19. The van der Waals surface area contributed by atoms with E-state index in [1.165, 1.54) is 24.3 Å². The molecule has 0 bridgehead atoms. The van der Waals surface area contributed by atoms with Crippen molar-refractivity contribution in [3.63, 3.8) is 0 Å². The van der Waals surface area contributed by atoms with Crippen molar-refractivity contribution in [1.82, 2.24) is 0 Å². The zero-order valence-electron chi connectivity index (χ0n) is 10.7. The van der Waals surface area contributed by atoms with E-state index >= 15 is 0 Å². The Bertz CT molecular complexity index is 629.